The largest absolute Gasteiger partial charge is 0.424 e. The fourth-order valence-electron chi connectivity index (χ4n) is 3.86. The maximum atomic E-state index is 13.5. The molecule has 5 rings (SSSR count). The maximum Gasteiger partial charge on any atom is 0.419 e. The molecule has 9 nitrogen and oxygen atoms in total. The molecule has 13 heteroatoms. The number of hydrogen-bond donors (Lipinski definition) is 3. The van der Waals surface area contributed by atoms with Crippen molar-refractivity contribution in [2.24, 2.45) is 13.0 Å². The van der Waals surface area contributed by atoms with Crippen LogP contribution in [0.5, 0.6) is 11.8 Å². The zero-order valence-corrected chi connectivity index (χ0v) is 16.5. The third kappa shape index (κ3) is 3.99. The van der Waals surface area contributed by atoms with Gasteiger partial charge in [0.05, 0.1) is 23.5 Å². The second-order valence-electron chi connectivity index (χ2n) is 7.52. The van der Waals surface area contributed by atoms with Crippen molar-refractivity contribution in [3.05, 3.63) is 29.6 Å². The summed E-state index contributed by atoms with van der Waals surface area (Å²) in [4.78, 5) is 18.0. The minimum absolute atomic E-state index is 0.0567. The Morgan fingerprint density at radius 1 is 1.35 bits per heavy atom. The van der Waals surface area contributed by atoms with Gasteiger partial charge in [0.1, 0.15) is 11.6 Å². The van der Waals surface area contributed by atoms with Gasteiger partial charge in [-0.15, -0.1) is 5.10 Å². The number of hydrogen-bond acceptors (Lipinski definition) is 6. The van der Waals surface area contributed by atoms with Crippen LogP contribution in [0.4, 0.5) is 28.3 Å². The monoisotopic (exact) mass is 441 g/mol. The zero-order valence-electron chi connectivity index (χ0n) is 16.5. The topological polar surface area (TPSA) is 108 Å². The smallest absolute Gasteiger partial charge is 0.419 e. The highest BCUT2D eigenvalue weighted by Crippen LogP contribution is 2.42. The van der Waals surface area contributed by atoms with Crippen molar-refractivity contribution < 1.29 is 27.1 Å². The number of benzene rings is 1. The lowest BCUT2D eigenvalue weighted by molar-refractivity contribution is -0.140. The summed E-state index contributed by atoms with van der Waals surface area (Å²) < 4.78 is 58.7. The van der Waals surface area contributed by atoms with Gasteiger partial charge in [-0.2, -0.15) is 18.2 Å². The SMILES string of the molecule is CC(=N)NC(=O)N1CC2CC1C2Nc1nc(Oc2ccc(F)c(C(F)(F)F)c2)n(C)n1. The van der Waals surface area contributed by atoms with E-state index in [4.69, 9.17) is 10.1 Å². The van der Waals surface area contributed by atoms with E-state index < -0.39 is 17.6 Å². The minimum Gasteiger partial charge on any atom is -0.424 e. The summed E-state index contributed by atoms with van der Waals surface area (Å²) in [6.45, 7) is 2.01. The van der Waals surface area contributed by atoms with Gasteiger partial charge < -0.3 is 15.0 Å². The highest BCUT2D eigenvalue weighted by molar-refractivity contribution is 5.95. The molecule has 3 atom stereocenters. The van der Waals surface area contributed by atoms with Crippen LogP contribution in [0, 0.1) is 17.1 Å². The lowest BCUT2D eigenvalue weighted by Gasteiger charge is -2.36. The number of halogens is 4. The second kappa shape index (κ2) is 7.39. The maximum absolute atomic E-state index is 13.5. The van der Waals surface area contributed by atoms with Crippen molar-refractivity contribution in [2.45, 2.75) is 31.6 Å². The van der Waals surface area contributed by atoms with Crippen LogP contribution < -0.4 is 15.4 Å². The number of amidine groups is 1. The molecular weight excluding hydrogens is 422 g/mol. The Balaban J connectivity index is 1.44. The molecule has 1 aromatic carbocycles. The van der Waals surface area contributed by atoms with Crippen LogP contribution in [0.3, 0.4) is 0 Å². The summed E-state index contributed by atoms with van der Waals surface area (Å²) in [7, 11) is 1.50. The number of fused-ring (bicyclic) bond motifs is 1. The summed E-state index contributed by atoms with van der Waals surface area (Å²) in [6.07, 6.45) is -4.04. The van der Waals surface area contributed by atoms with E-state index in [1.807, 2.05) is 0 Å². The number of ether oxygens (including phenoxy) is 1. The minimum atomic E-state index is -4.85. The summed E-state index contributed by atoms with van der Waals surface area (Å²) in [5.41, 5.74) is -1.44. The molecule has 1 aromatic heterocycles. The van der Waals surface area contributed by atoms with Gasteiger partial charge in [-0.05, 0) is 31.5 Å². The molecule has 3 aliphatic rings. The molecule has 2 aromatic rings. The molecule has 1 saturated carbocycles. The van der Waals surface area contributed by atoms with Crippen LogP contribution in [0.1, 0.15) is 18.9 Å². The van der Waals surface area contributed by atoms with Crippen molar-refractivity contribution in [1.29, 1.82) is 5.41 Å². The van der Waals surface area contributed by atoms with Gasteiger partial charge in [-0.1, -0.05) is 0 Å². The van der Waals surface area contributed by atoms with E-state index in [0.29, 0.717) is 18.7 Å². The van der Waals surface area contributed by atoms with Gasteiger partial charge >= 0.3 is 18.2 Å². The number of aryl methyl sites for hydroxylation is 1. The van der Waals surface area contributed by atoms with Crippen LogP contribution in [0.2, 0.25) is 0 Å². The molecule has 31 heavy (non-hydrogen) atoms. The number of rotatable bonds is 4. The van der Waals surface area contributed by atoms with Gasteiger partial charge in [0.25, 0.3) is 0 Å². The first kappa shape index (κ1) is 20.9. The second-order valence-corrected chi connectivity index (χ2v) is 7.52. The fourth-order valence-corrected chi connectivity index (χ4v) is 3.86. The van der Waals surface area contributed by atoms with Crippen molar-refractivity contribution in [2.75, 3.05) is 11.9 Å². The number of urea groups is 1. The molecule has 2 bridgehead atoms. The zero-order chi connectivity index (χ0) is 22.5. The van der Waals surface area contributed by atoms with Crippen molar-refractivity contribution in [1.82, 2.24) is 25.0 Å². The van der Waals surface area contributed by atoms with Gasteiger partial charge in [-0.25, -0.2) is 13.9 Å². The highest BCUT2D eigenvalue weighted by Gasteiger charge is 2.54. The molecule has 3 fully saturated rings. The number of carbonyl (C=O) groups is 1. The Bertz CT molecular complexity index is 1040. The summed E-state index contributed by atoms with van der Waals surface area (Å²) >= 11 is 0. The standard InChI is InChI=1S/C18H19F4N7O2/c1-8(23)24-16(30)29-7-9-5-13(29)14(9)25-15-26-17(28(2)27-15)31-10-3-4-12(19)11(6-10)18(20,21)22/h3-4,6,9,13-14H,5,7H2,1-2H3,(H,25,27)(H2,23,24,30). The quantitative estimate of drug-likeness (QED) is 0.384. The molecule has 1 aliphatic carbocycles. The molecule has 0 radical (unpaired) electrons. The lowest BCUT2D eigenvalue weighted by Crippen LogP contribution is -2.52. The average molecular weight is 441 g/mol. The molecule has 3 N–H and O–H groups in total. The third-order valence-electron chi connectivity index (χ3n) is 5.32. The van der Waals surface area contributed by atoms with E-state index in [0.717, 1.165) is 12.5 Å². The molecule has 2 aliphatic heterocycles. The Labute approximate surface area is 173 Å². The molecule has 2 saturated heterocycles. The van der Waals surface area contributed by atoms with Crippen molar-refractivity contribution in [3.63, 3.8) is 0 Å². The molecule has 0 spiro atoms. The molecule has 3 unspecified atom stereocenters. The number of nitrogens with one attached hydrogen (secondary N) is 3. The molecule has 3 heterocycles. The van der Waals surface area contributed by atoms with Crippen LogP contribution in [0.25, 0.3) is 0 Å². The summed E-state index contributed by atoms with van der Waals surface area (Å²) in [5, 5.41) is 17.1. The van der Waals surface area contributed by atoms with E-state index in [-0.39, 0.29) is 47.6 Å². The number of alkyl halides is 3. The number of nitrogens with zero attached hydrogens (tertiary/aromatic N) is 4. The van der Waals surface area contributed by atoms with Crippen LogP contribution in [-0.2, 0) is 13.2 Å². The number of anilines is 1. The highest BCUT2D eigenvalue weighted by atomic mass is 19.4. The predicted octanol–water partition coefficient (Wildman–Crippen LogP) is 2.96. The van der Waals surface area contributed by atoms with Gasteiger partial charge in [-0.3, -0.25) is 10.7 Å². The Hall–Kier alpha value is -3.38. The molecule has 2 amide bonds. The molecular formula is C18H19F4N7O2. The Morgan fingerprint density at radius 2 is 2.10 bits per heavy atom. The van der Waals surface area contributed by atoms with Gasteiger partial charge in [0.15, 0.2) is 0 Å². The summed E-state index contributed by atoms with van der Waals surface area (Å²) in [5.74, 6) is -1.18. The Morgan fingerprint density at radius 3 is 2.77 bits per heavy atom. The Kier molecular flexibility index (Phi) is 4.98. The number of amides is 2. The fraction of sp³-hybridized carbons (Fsp3) is 0.444. The van der Waals surface area contributed by atoms with E-state index in [9.17, 15) is 22.4 Å². The first-order valence-electron chi connectivity index (χ1n) is 9.38. The first-order chi connectivity index (χ1) is 14.5. The van der Waals surface area contributed by atoms with Gasteiger partial charge in [0, 0.05) is 19.5 Å². The number of aromatic nitrogens is 3. The number of carbonyl (C=O) groups excluding carboxylic acids is 1. The summed E-state index contributed by atoms with van der Waals surface area (Å²) in [6, 6.07) is 1.72. The normalized spacial score (nSPS) is 22.1. The first-order valence-corrected chi connectivity index (χ1v) is 9.38. The third-order valence-corrected chi connectivity index (χ3v) is 5.32. The van der Waals surface area contributed by atoms with E-state index in [1.54, 1.807) is 4.90 Å². The van der Waals surface area contributed by atoms with Crippen LogP contribution in [-0.4, -0.2) is 50.2 Å². The average Bonchev–Trinajstić information content (AvgIpc) is 3.34. The van der Waals surface area contributed by atoms with E-state index >= 15 is 0 Å². The van der Waals surface area contributed by atoms with E-state index in [1.165, 1.54) is 18.7 Å². The van der Waals surface area contributed by atoms with Crippen LogP contribution in [0.15, 0.2) is 18.2 Å². The van der Waals surface area contributed by atoms with Crippen LogP contribution >= 0.6 is 0 Å². The predicted molar refractivity (Wildman–Crippen MR) is 100 cm³/mol. The van der Waals surface area contributed by atoms with Crippen molar-refractivity contribution >= 4 is 17.8 Å². The van der Waals surface area contributed by atoms with Gasteiger partial charge in [0.2, 0.25) is 5.95 Å². The van der Waals surface area contributed by atoms with Crippen molar-refractivity contribution in [3.8, 4) is 11.8 Å². The lowest BCUT2D eigenvalue weighted by atomic mass is 9.80. The van der Waals surface area contributed by atoms with E-state index in [2.05, 4.69) is 20.7 Å². The molecule has 166 valence electrons.